The largest absolute Gasteiger partial charge is 0.481 e. The number of ether oxygens (including phenoxy) is 1. The molecule has 1 saturated carbocycles. The Balaban J connectivity index is 2.27. The molecule has 6 heteroatoms. The zero-order valence-electron chi connectivity index (χ0n) is 12.6. The molecule has 6 nitrogen and oxygen atoms in total. The van der Waals surface area contributed by atoms with Crippen LogP contribution in [0, 0.1) is 11.8 Å². The predicted molar refractivity (Wildman–Crippen MR) is 75.6 cm³/mol. The van der Waals surface area contributed by atoms with E-state index in [-0.39, 0.29) is 18.0 Å². The molecular formula is C14H26N2O4. The number of likely N-dealkylation sites (N-methyl/N-ethyl adjacent to an activating group) is 1. The Morgan fingerprint density at radius 1 is 1.35 bits per heavy atom. The molecule has 0 aromatic rings. The molecule has 2 N–H and O–H groups in total. The summed E-state index contributed by atoms with van der Waals surface area (Å²) in [5.74, 6) is -0.507. The van der Waals surface area contributed by atoms with Gasteiger partial charge in [-0.25, -0.2) is 4.79 Å². The van der Waals surface area contributed by atoms with Crippen molar-refractivity contribution in [1.29, 1.82) is 0 Å². The third kappa shape index (κ3) is 5.00. The average molecular weight is 286 g/mol. The quantitative estimate of drug-likeness (QED) is 0.776. The molecule has 116 valence electrons. The predicted octanol–water partition coefficient (Wildman–Crippen LogP) is 1.55. The second kappa shape index (κ2) is 8.09. The molecule has 1 fully saturated rings. The number of nitrogens with one attached hydrogen (secondary N) is 1. The van der Waals surface area contributed by atoms with Gasteiger partial charge in [0.25, 0.3) is 0 Å². The summed E-state index contributed by atoms with van der Waals surface area (Å²) in [4.78, 5) is 24.4. The van der Waals surface area contributed by atoms with E-state index in [0.717, 1.165) is 12.8 Å². The number of nitrogens with zero attached hydrogens (tertiary/aromatic N) is 1. The molecule has 1 rings (SSSR count). The lowest BCUT2D eigenvalue weighted by molar-refractivity contribution is -0.143. The lowest BCUT2D eigenvalue weighted by atomic mass is 9.82. The van der Waals surface area contributed by atoms with Crippen molar-refractivity contribution >= 4 is 12.0 Å². The minimum atomic E-state index is -0.694. The summed E-state index contributed by atoms with van der Waals surface area (Å²) in [7, 11) is 3.36. The van der Waals surface area contributed by atoms with Crippen LogP contribution in [0.1, 0.15) is 32.6 Å². The van der Waals surface area contributed by atoms with Gasteiger partial charge in [-0.2, -0.15) is 0 Å². The number of methoxy groups -OCH3 is 1. The lowest BCUT2D eigenvalue weighted by Gasteiger charge is -2.28. The monoisotopic (exact) mass is 286 g/mol. The van der Waals surface area contributed by atoms with E-state index in [2.05, 4.69) is 5.32 Å². The molecule has 0 heterocycles. The molecule has 0 saturated heterocycles. The summed E-state index contributed by atoms with van der Waals surface area (Å²) in [6, 6.07) is -0.0716. The summed E-state index contributed by atoms with van der Waals surface area (Å²) >= 11 is 0. The van der Waals surface area contributed by atoms with Crippen LogP contribution in [-0.2, 0) is 9.53 Å². The Labute approximate surface area is 120 Å². The van der Waals surface area contributed by atoms with E-state index in [1.807, 2.05) is 6.92 Å². The van der Waals surface area contributed by atoms with Crippen LogP contribution in [-0.4, -0.2) is 55.4 Å². The fourth-order valence-electron chi connectivity index (χ4n) is 2.52. The number of hydrogen-bond acceptors (Lipinski definition) is 3. The number of carboxylic acid groups (broad SMARTS) is 1. The highest BCUT2D eigenvalue weighted by Crippen LogP contribution is 2.28. The Hall–Kier alpha value is -1.30. The molecule has 2 amide bonds. The van der Waals surface area contributed by atoms with Crippen molar-refractivity contribution in [2.45, 2.75) is 38.6 Å². The third-order valence-electron chi connectivity index (χ3n) is 4.13. The fraction of sp³-hybridized carbons (Fsp3) is 0.857. The molecule has 1 aliphatic carbocycles. The second-order valence-electron chi connectivity index (χ2n) is 5.66. The van der Waals surface area contributed by atoms with Crippen LogP contribution in [0.3, 0.4) is 0 Å². The topological polar surface area (TPSA) is 78.9 Å². The van der Waals surface area contributed by atoms with Gasteiger partial charge in [-0.1, -0.05) is 0 Å². The standard InChI is InChI=1S/C14H26N2O4/c1-10(9-20-3)16(2)14(19)15-8-11-4-6-12(7-5-11)13(17)18/h10-12H,4-9H2,1-3H3,(H,15,19)(H,17,18). The van der Waals surface area contributed by atoms with Gasteiger partial charge in [0.1, 0.15) is 0 Å². The molecule has 0 aromatic heterocycles. The first kappa shape index (κ1) is 16.8. The highest BCUT2D eigenvalue weighted by atomic mass is 16.5. The van der Waals surface area contributed by atoms with Gasteiger partial charge in [-0.05, 0) is 38.5 Å². The molecule has 0 aromatic carbocycles. The SMILES string of the molecule is COCC(C)N(C)C(=O)NCC1CCC(C(=O)O)CC1. The van der Waals surface area contributed by atoms with Gasteiger partial charge in [0, 0.05) is 20.7 Å². The number of carboxylic acids is 1. The molecule has 1 unspecified atom stereocenters. The minimum Gasteiger partial charge on any atom is -0.481 e. The van der Waals surface area contributed by atoms with E-state index < -0.39 is 5.97 Å². The van der Waals surface area contributed by atoms with E-state index >= 15 is 0 Å². The maximum absolute atomic E-state index is 11.9. The van der Waals surface area contributed by atoms with Gasteiger partial charge in [0.15, 0.2) is 0 Å². The summed E-state index contributed by atoms with van der Waals surface area (Å²) in [5.41, 5.74) is 0. The van der Waals surface area contributed by atoms with Gasteiger partial charge in [-0.15, -0.1) is 0 Å². The number of carbonyl (C=O) groups excluding carboxylic acids is 1. The van der Waals surface area contributed by atoms with Crippen molar-refractivity contribution in [3.63, 3.8) is 0 Å². The zero-order chi connectivity index (χ0) is 15.1. The van der Waals surface area contributed by atoms with Crippen molar-refractivity contribution in [2.75, 3.05) is 27.3 Å². The van der Waals surface area contributed by atoms with Crippen LogP contribution in [0.15, 0.2) is 0 Å². The zero-order valence-corrected chi connectivity index (χ0v) is 12.6. The summed E-state index contributed by atoms with van der Waals surface area (Å²) in [6.07, 6.45) is 3.17. The number of hydrogen-bond donors (Lipinski definition) is 2. The fourth-order valence-corrected chi connectivity index (χ4v) is 2.52. The van der Waals surface area contributed by atoms with Crippen LogP contribution in [0.25, 0.3) is 0 Å². The molecule has 0 radical (unpaired) electrons. The van der Waals surface area contributed by atoms with Gasteiger partial charge in [0.05, 0.1) is 18.6 Å². The van der Waals surface area contributed by atoms with Gasteiger partial charge in [0.2, 0.25) is 0 Å². The Morgan fingerprint density at radius 3 is 2.45 bits per heavy atom. The van der Waals surface area contributed by atoms with Gasteiger partial charge >= 0.3 is 12.0 Å². The van der Waals surface area contributed by atoms with E-state index in [1.165, 1.54) is 0 Å². The molecule has 0 spiro atoms. The first-order valence-electron chi connectivity index (χ1n) is 7.18. The molecule has 1 aliphatic rings. The Bertz CT molecular complexity index is 327. The number of urea groups is 1. The first-order chi connectivity index (χ1) is 9.45. The first-order valence-corrected chi connectivity index (χ1v) is 7.18. The van der Waals surface area contributed by atoms with Crippen molar-refractivity contribution in [3.8, 4) is 0 Å². The summed E-state index contributed by atoms with van der Waals surface area (Å²) in [5, 5.41) is 11.9. The number of rotatable bonds is 6. The van der Waals surface area contributed by atoms with Gasteiger partial charge < -0.3 is 20.1 Å². The van der Waals surface area contributed by atoms with E-state index in [4.69, 9.17) is 9.84 Å². The molecule has 20 heavy (non-hydrogen) atoms. The van der Waals surface area contributed by atoms with Crippen molar-refractivity contribution in [1.82, 2.24) is 10.2 Å². The smallest absolute Gasteiger partial charge is 0.317 e. The minimum absolute atomic E-state index is 0.0303. The number of aliphatic carboxylic acids is 1. The van der Waals surface area contributed by atoms with Crippen molar-refractivity contribution < 1.29 is 19.4 Å². The molecule has 0 bridgehead atoms. The maximum atomic E-state index is 11.9. The lowest BCUT2D eigenvalue weighted by Crippen LogP contribution is -2.45. The van der Waals surface area contributed by atoms with E-state index in [9.17, 15) is 9.59 Å². The summed E-state index contributed by atoms with van der Waals surface area (Å²) < 4.78 is 5.03. The average Bonchev–Trinajstić information content (AvgIpc) is 2.44. The molecule has 0 aliphatic heterocycles. The third-order valence-corrected chi connectivity index (χ3v) is 4.13. The normalized spacial score (nSPS) is 23.9. The van der Waals surface area contributed by atoms with E-state index in [0.29, 0.717) is 31.9 Å². The van der Waals surface area contributed by atoms with Crippen LogP contribution in [0.4, 0.5) is 4.79 Å². The highest BCUT2D eigenvalue weighted by molar-refractivity contribution is 5.74. The van der Waals surface area contributed by atoms with Crippen LogP contribution in [0.2, 0.25) is 0 Å². The summed E-state index contributed by atoms with van der Waals surface area (Å²) in [6.45, 7) is 3.06. The van der Waals surface area contributed by atoms with Crippen LogP contribution >= 0.6 is 0 Å². The van der Waals surface area contributed by atoms with Crippen molar-refractivity contribution in [2.24, 2.45) is 11.8 Å². The molecular weight excluding hydrogens is 260 g/mol. The highest BCUT2D eigenvalue weighted by Gasteiger charge is 2.26. The Kier molecular flexibility index (Phi) is 6.78. The second-order valence-corrected chi connectivity index (χ2v) is 5.66. The number of amides is 2. The van der Waals surface area contributed by atoms with E-state index in [1.54, 1.807) is 19.1 Å². The van der Waals surface area contributed by atoms with Gasteiger partial charge in [-0.3, -0.25) is 4.79 Å². The maximum Gasteiger partial charge on any atom is 0.317 e. The van der Waals surface area contributed by atoms with Crippen molar-refractivity contribution in [3.05, 3.63) is 0 Å². The molecule has 1 atom stereocenters. The van der Waals surface area contributed by atoms with Crippen LogP contribution < -0.4 is 5.32 Å². The Morgan fingerprint density at radius 2 is 1.95 bits per heavy atom. The number of carbonyl (C=O) groups is 2. The van der Waals surface area contributed by atoms with Crippen LogP contribution in [0.5, 0.6) is 0 Å².